The number of carboxylic acid groups (broad SMARTS) is 1. The molecule has 100 valence electrons. The van der Waals surface area contributed by atoms with E-state index in [0.29, 0.717) is 18.9 Å². The summed E-state index contributed by atoms with van der Waals surface area (Å²) in [6.45, 7) is 5.64. The summed E-state index contributed by atoms with van der Waals surface area (Å²) in [5, 5.41) is 23.5. The Morgan fingerprint density at radius 1 is 1.35 bits per heavy atom. The highest BCUT2D eigenvalue weighted by Crippen LogP contribution is 2.01. The number of amides is 1. The van der Waals surface area contributed by atoms with Gasteiger partial charge in [0.15, 0.2) is 5.60 Å². The lowest BCUT2D eigenvalue weighted by molar-refractivity contribution is -0.156. The molecule has 0 aromatic carbocycles. The molecule has 0 spiro atoms. The molecule has 0 aliphatic carbocycles. The van der Waals surface area contributed by atoms with Crippen LogP contribution < -0.4 is 10.6 Å². The largest absolute Gasteiger partial charge is 0.479 e. The van der Waals surface area contributed by atoms with Gasteiger partial charge in [0.05, 0.1) is 6.54 Å². The van der Waals surface area contributed by atoms with Crippen molar-refractivity contribution in [2.24, 2.45) is 0 Å². The van der Waals surface area contributed by atoms with E-state index in [-0.39, 0.29) is 12.5 Å². The fourth-order valence-electron chi connectivity index (χ4n) is 1.07. The minimum absolute atomic E-state index is 0.253. The summed E-state index contributed by atoms with van der Waals surface area (Å²) >= 11 is 0. The number of nitrogens with one attached hydrogen (secondary N) is 2. The van der Waals surface area contributed by atoms with Crippen molar-refractivity contribution in [1.29, 1.82) is 0 Å². The maximum Gasteiger partial charge on any atom is 0.337 e. The van der Waals surface area contributed by atoms with Gasteiger partial charge >= 0.3 is 5.97 Å². The van der Waals surface area contributed by atoms with Gasteiger partial charge in [-0.3, -0.25) is 4.79 Å². The number of hydrogen-bond acceptors (Lipinski definition) is 4. The van der Waals surface area contributed by atoms with Crippen LogP contribution in [0.2, 0.25) is 0 Å². The van der Waals surface area contributed by atoms with Crippen molar-refractivity contribution in [2.75, 3.05) is 13.1 Å². The third-order valence-electron chi connectivity index (χ3n) is 2.22. The first-order valence-electron chi connectivity index (χ1n) is 5.71. The van der Waals surface area contributed by atoms with Gasteiger partial charge in [-0.15, -0.1) is 0 Å². The Balaban J connectivity index is 3.70. The number of carboxylic acids is 1. The first kappa shape index (κ1) is 15.9. The maximum absolute atomic E-state index is 11.3. The number of hydrogen-bond donors (Lipinski definition) is 4. The van der Waals surface area contributed by atoms with Crippen molar-refractivity contribution < 1.29 is 19.8 Å². The van der Waals surface area contributed by atoms with Crippen molar-refractivity contribution in [3.8, 4) is 0 Å². The Hall–Kier alpha value is -1.14. The van der Waals surface area contributed by atoms with Gasteiger partial charge in [-0.2, -0.15) is 0 Å². The molecule has 0 rings (SSSR count). The van der Waals surface area contributed by atoms with Crippen molar-refractivity contribution in [3.05, 3.63) is 0 Å². The van der Waals surface area contributed by atoms with Crippen LogP contribution in [0, 0.1) is 0 Å². The highest BCUT2D eigenvalue weighted by atomic mass is 16.4. The zero-order valence-electron chi connectivity index (χ0n) is 10.6. The van der Waals surface area contributed by atoms with Gasteiger partial charge in [-0.1, -0.05) is 13.8 Å². The average Bonchev–Trinajstić information content (AvgIpc) is 2.21. The van der Waals surface area contributed by atoms with Crippen LogP contribution in [0.3, 0.4) is 0 Å². The van der Waals surface area contributed by atoms with Gasteiger partial charge in [-0.25, -0.2) is 4.79 Å². The summed E-state index contributed by atoms with van der Waals surface area (Å²) in [4.78, 5) is 21.9. The molecule has 6 nitrogen and oxygen atoms in total. The fourth-order valence-corrected chi connectivity index (χ4v) is 1.07. The molecular weight excluding hydrogens is 224 g/mol. The van der Waals surface area contributed by atoms with E-state index in [2.05, 4.69) is 10.6 Å². The number of rotatable bonds is 8. The SMILES string of the molecule is CC(C)NCCCC(=O)NCC(C)(O)C(=O)O. The predicted octanol–water partition coefficient (Wildman–Crippen LogP) is -0.284. The van der Waals surface area contributed by atoms with Gasteiger partial charge in [0.25, 0.3) is 0 Å². The monoisotopic (exact) mass is 246 g/mol. The summed E-state index contributed by atoms with van der Waals surface area (Å²) in [7, 11) is 0. The Labute approximate surface area is 101 Å². The van der Waals surface area contributed by atoms with Gasteiger partial charge in [0.2, 0.25) is 5.91 Å². The molecule has 0 aliphatic heterocycles. The summed E-state index contributed by atoms with van der Waals surface area (Å²) in [5.74, 6) is -1.60. The smallest absolute Gasteiger partial charge is 0.337 e. The second-order valence-electron chi connectivity index (χ2n) is 4.57. The molecule has 0 bridgehead atoms. The first-order valence-corrected chi connectivity index (χ1v) is 5.71. The van der Waals surface area contributed by atoms with Crippen LogP contribution in [0.1, 0.15) is 33.6 Å². The Morgan fingerprint density at radius 3 is 2.41 bits per heavy atom. The van der Waals surface area contributed by atoms with Crippen molar-refractivity contribution in [3.63, 3.8) is 0 Å². The molecular formula is C11H22N2O4. The average molecular weight is 246 g/mol. The van der Waals surface area contributed by atoms with E-state index in [9.17, 15) is 14.7 Å². The van der Waals surface area contributed by atoms with E-state index in [1.54, 1.807) is 0 Å². The molecule has 0 radical (unpaired) electrons. The molecule has 0 saturated carbocycles. The van der Waals surface area contributed by atoms with Crippen LogP contribution in [0.15, 0.2) is 0 Å². The standard InChI is InChI=1S/C11H22N2O4/c1-8(2)12-6-4-5-9(14)13-7-11(3,17)10(15)16/h8,12,17H,4-7H2,1-3H3,(H,13,14)(H,15,16). The number of aliphatic carboxylic acids is 1. The van der Waals surface area contributed by atoms with Gasteiger partial charge in [0.1, 0.15) is 0 Å². The van der Waals surface area contributed by atoms with Gasteiger partial charge < -0.3 is 20.8 Å². The van der Waals surface area contributed by atoms with E-state index < -0.39 is 11.6 Å². The molecule has 0 fully saturated rings. The lowest BCUT2D eigenvalue weighted by Crippen LogP contribution is -2.46. The highest BCUT2D eigenvalue weighted by Gasteiger charge is 2.29. The zero-order valence-corrected chi connectivity index (χ0v) is 10.6. The molecule has 1 amide bonds. The molecule has 0 aliphatic rings. The van der Waals surface area contributed by atoms with E-state index in [1.165, 1.54) is 0 Å². The van der Waals surface area contributed by atoms with Gasteiger partial charge in [0, 0.05) is 12.5 Å². The summed E-state index contributed by atoms with van der Waals surface area (Å²) in [5.41, 5.74) is -1.91. The quantitative estimate of drug-likeness (QED) is 0.441. The molecule has 17 heavy (non-hydrogen) atoms. The van der Waals surface area contributed by atoms with E-state index in [4.69, 9.17) is 5.11 Å². The number of carbonyl (C=O) groups excluding carboxylic acids is 1. The normalized spacial score (nSPS) is 14.4. The van der Waals surface area contributed by atoms with Crippen LogP contribution in [-0.4, -0.2) is 46.8 Å². The zero-order chi connectivity index (χ0) is 13.5. The third kappa shape index (κ3) is 7.70. The molecule has 1 unspecified atom stereocenters. The van der Waals surface area contributed by atoms with Crippen LogP contribution in [0.4, 0.5) is 0 Å². The van der Waals surface area contributed by atoms with E-state index in [1.807, 2.05) is 13.8 Å². The maximum atomic E-state index is 11.3. The van der Waals surface area contributed by atoms with Crippen LogP contribution in [0.25, 0.3) is 0 Å². The molecule has 0 saturated heterocycles. The lowest BCUT2D eigenvalue weighted by atomic mass is 10.1. The Bertz CT molecular complexity index is 264. The topological polar surface area (TPSA) is 98.7 Å². The molecule has 0 heterocycles. The number of aliphatic hydroxyl groups is 1. The summed E-state index contributed by atoms with van der Waals surface area (Å²) < 4.78 is 0. The third-order valence-corrected chi connectivity index (χ3v) is 2.22. The summed E-state index contributed by atoms with van der Waals surface area (Å²) in [6.07, 6.45) is 0.995. The molecule has 6 heteroatoms. The Kier molecular flexibility index (Phi) is 6.75. The van der Waals surface area contributed by atoms with Crippen molar-refractivity contribution >= 4 is 11.9 Å². The lowest BCUT2D eigenvalue weighted by Gasteiger charge is -2.18. The van der Waals surface area contributed by atoms with Gasteiger partial charge in [-0.05, 0) is 19.9 Å². The molecule has 0 aromatic rings. The second kappa shape index (κ2) is 7.24. The van der Waals surface area contributed by atoms with Crippen LogP contribution in [0.5, 0.6) is 0 Å². The molecule has 1 atom stereocenters. The van der Waals surface area contributed by atoms with E-state index >= 15 is 0 Å². The van der Waals surface area contributed by atoms with Crippen molar-refractivity contribution in [2.45, 2.75) is 45.3 Å². The highest BCUT2D eigenvalue weighted by molar-refractivity contribution is 5.80. The fraction of sp³-hybridized carbons (Fsp3) is 0.818. The number of carbonyl (C=O) groups is 2. The predicted molar refractivity (Wildman–Crippen MR) is 63.6 cm³/mol. The molecule has 0 aromatic heterocycles. The molecule has 4 N–H and O–H groups in total. The van der Waals surface area contributed by atoms with E-state index in [0.717, 1.165) is 13.5 Å². The van der Waals surface area contributed by atoms with Crippen molar-refractivity contribution in [1.82, 2.24) is 10.6 Å². The first-order chi connectivity index (χ1) is 7.75. The van der Waals surface area contributed by atoms with Crippen LogP contribution >= 0.6 is 0 Å². The minimum atomic E-state index is -1.91. The summed E-state index contributed by atoms with van der Waals surface area (Å²) in [6, 6.07) is 0.380. The minimum Gasteiger partial charge on any atom is -0.479 e. The Morgan fingerprint density at radius 2 is 1.94 bits per heavy atom. The second-order valence-corrected chi connectivity index (χ2v) is 4.57. The van der Waals surface area contributed by atoms with Crippen LogP contribution in [-0.2, 0) is 9.59 Å².